The Kier molecular flexibility index (Phi) is 6.13. The molecule has 0 saturated carbocycles. The van der Waals surface area contributed by atoms with Crippen molar-refractivity contribution in [1.82, 2.24) is 0 Å². The largest absolute Gasteiger partial charge is 0.365 e. The van der Waals surface area contributed by atoms with Crippen LogP contribution in [0.25, 0.3) is 5.57 Å². The number of hydrogen-bond donors (Lipinski definition) is 0. The van der Waals surface area contributed by atoms with Gasteiger partial charge >= 0.3 is 0 Å². The third-order valence-electron chi connectivity index (χ3n) is 6.08. The van der Waals surface area contributed by atoms with Crippen LogP contribution in [0.1, 0.15) is 37.5 Å². The third kappa shape index (κ3) is 4.86. The highest BCUT2D eigenvalue weighted by Gasteiger charge is 2.28. The fourth-order valence-electron chi connectivity index (χ4n) is 3.97. The molecule has 0 aromatic heterocycles. The molecule has 0 unspecified atom stereocenters. The van der Waals surface area contributed by atoms with E-state index < -0.39 is 0 Å². The molecule has 1 aliphatic heterocycles. The quantitative estimate of drug-likeness (QED) is 0.227. The molecule has 33 heavy (non-hydrogen) atoms. The second-order valence-corrected chi connectivity index (χ2v) is 10.0. The van der Waals surface area contributed by atoms with Crippen molar-refractivity contribution in [2.75, 3.05) is 11.9 Å². The molecule has 3 aromatic rings. The maximum atomic E-state index is 10.8. The molecule has 0 aliphatic carbocycles. The fraction of sp³-hybridized carbons (Fsp3) is 0.222. The van der Waals surface area contributed by atoms with E-state index in [4.69, 9.17) is 4.99 Å². The zero-order valence-electron chi connectivity index (χ0n) is 19.5. The van der Waals surface area contributed by atoms with E-state index in [0.29, 0.717) is 0 Å². The average molecular weight is 458 g/mol. The van der Waals surface area contributed by atoms with Gasteiger partial charge in [-0.25, -0.2) is 0 Å². The lowest BCUT2D eigenvalue weighted by molar-refractivity contribution is -0.384. The number of non-ortho nitro benzene ring substituents is 1. The number of fused-ring (bicyclic) bond motifs is 1. The van der Waals surface area contributed by atoms with Gasteiger partial charge in [-0.15, -0.1) is 0 Å². The first-order chi connectivity index (χ1) is 15.6. The van der Waals surface area contributed by atoms with Gasteiger partial charge in [-0.05, 0) is 92.9 Å². The molecule has 0 bridgehead atoms. The van der Waals surface area contributed by atoms with Gasteiger partial charge in [0.25, 0.3) is 5.69 Å². The monoisotopic (exact) mass is 457 g/mol. The van der Waals surface area contributed by atoms with E-state index in [2.05, 4.69) is 57.9 Å². The summed E-state index contributed by atoms with van der Waals surface area (Å²) in [5.74, 6) is 0. The third-order valence-corrected chi connectivity index (χ3v) is 7.09. The predicted molar refractivity (Wildman–Crippen MR) is 138 cm³/mol. The van der Waals surface area contributed by atoms with Crippen molar-refractivity contribution < 1.29 is 4.92 Å². The van der Waals surface area contributed by atoms with E-state index in [1.54, 1.807) is 23.9 Å². The Morgan fingerprint density at radius 3 is 2.21 bits per heavy atom. The Hall–Kier alpha value is -3.38. The second kappa shape index (κ2) is 8.87. The summed E-state index contributed by atoms with van der Waals surface area (Å²) in [5.41, 5.74) is 7.07. The van der Waals surface area contributed by atoms with Crippen molar-refractivity contribution in [2.45, 2.75) is 43.0 Å². The SMILES string of the molecule is CC1=CC(C)(C)N(C)c2cc(C)c(C=Nc3ccc(Sc4ccc([N+](=O)[O-])cc4)cc3)cc21. The number of benzene rings is 3. The number of aryl methyl sites for hydroxylation is 1. The predicted octanol–water partition coefficient (Wildman–Crippen LogP) is 7.44. The lowest BCUT2D eigenvalue weighted by Gasteiger charge is -2.41. The summed E-state index contributed by atoms with van der Waals surface area (Å²) in [7, 11) is 2.14. The zero-order valence-corrected chi connectivity index (χ0v) is 20.3. The number of nitrogens with zero attached hydrogens (tertiary/aromatic N) is 3. The number of rotatable bonds is 5. The zero-order chi connectivity index (χ0) is 23.8. The van der Waals surface area contributed by atoms with Gasteiger partial charge in [0, 0.05) is 46.4 Å². The Labute approximate surface area is 199 Å². The molecule has 0 amide bonds. The summed E-state index contributed by atoms with van der Waals surface area (Å²) in [6.45, 7) is 8.76. The van der Waals surface area contributed by atoms with E-state index in [1.807, 2.05) is 30.5 Å². The lowest BCUT2D eigenvalue weighted by Crippen LogP contribution is -2.42. The van der Waals surface area contributed by atoms with E-state index >= 15 is 0 Å². The first-order valence-corrected chi connectivity index (χ1v) is 11.6. The van der Waals surface area contributed by atoms with E-state index in [0.717, 1.165) is 21.0 Å². The Morgan fingerprint density at radius 2 is 1.61 bits per heavy atom. The molecule has 0 saturated heterocycles. The van der Waals surface area contributed by atoms with Crippen LogP contribution in [0.4, 0.5) is 17.1 Å². The van der Waals surface area contributed by atoms with Gasteiger partial charge in [0.05, 0.1) is 16.1 Å². The maximum absolute atomic E-state index is 10.8. The van der Waals surface area contributed by atoms with Crippen LogP contribution < -0.4 is 4.90 Å². The number of aliphatic imine (C=N–C) groups is 1. The molecular weight excluding hydrogens is 430 g/mol. The maximum Gasteiger partial charge on any atom is 0.269 e. The number of hydrogen-bond acceptors (Lipinski definition) is 5. The van der Waals surface area contributed by atoms with Gasteiger partial charge in [0.15, 0.2) is 0 Å². The van der Waals surface area contributed by atoms with E-state index in [9.17, 15) is 10.1 Å². The van der Waals surface area contributed by atoms with Crippen LogP contribution in [-0.2, 0) is 0 Å². The van der Waals surface area contributed by atoms with E-state index in [-0.39, 0.29) is 16.1 Å². The fourth-order valence-corrected chi connectivity index (χ4v) is 4.79. The summed E-state index contributed by atoms with van der Waals surface area (Å²) in [6, 6.07) is 19.1. The molecular formula is C27H27N3O2S. The van der Waals surface area contributed by atoms with Crippen molar-refractivity contribution >= 4 is 40.6 Å². The van der Waals surface area contributed by atoms with Gasteiger partial charge in [-0.1, -0.05) is 17.8 Å². The summed E-state index contributed by atoms with van der Waals surface area (Å²) in [5, 5.41) is 10.8. The van der Waals surface area contributed by atoms with Crippen LogP contribution in [0.3, 0.4) is 0 Å². The van der Waals surface area contributed by atoms with Crippen molar-refractivity contribution in [1.29, 1.82) is 0 Å². The highest BCUT2D eigenvalue weighted by atomic mass is 32.2. The number of nitro benzene ring substituents is 1. The highest BCUT2D eigenvalue weighted by molar-refractivity contribution is 7.99. The molecule has 168 valence electrons. The van der Waals surface area contributed by atoms with Crippen LogP contribution in [0.5, 0.6) is 0 Å². The summed E-state index contributed by atoms with van der Waals surface area (Å²) < 4.78 is 0. The number of anilines is 1. The lowest BCUT2D eigenvalue weighted by atomic mass is 9.87. The topological polar surface area (TPSA) is 58.7 Å². The molecule has 0 N–H and O–H groups in total. The number of nitro groups is 1. The highest BCUT2D eigenvalue weighted by Crippen LogP contribution is 2.39. The minimum absolute atomic E-state index is 0.00659. The minimum Gasteiger partial charge on any atom is -0.365 e. The summed E-state index contributed by atoms with van der Waals surface area (Å²) in [6.07, 6.45) is 4.24. The van der Waals surface area contributed by atoms with Gasteiger partial charge in [-0.3, -0.25) is 15.1 Å². The second-order valence-electron chi connectivity index (χ2n) is 8.87. The molecule has 1 heterocycles. The first kappa shape index (κ1) is 22.8. The van der Waals surface area contributed by atoms with Crippen LogP contribution in [-0.4, -0.2) is 23.7 Å². The molecule has 4 rings (SSSR count). The van der Waals surface area contributed by atoms with Crippen molar-refractivity contribution in [3.05, 3.63) is 93.5 Å². The standard InChI is InChI=1S/C27H27N3O2S/c1-18-14-26-25(19(2)16-27(3,4)29(26)5)15-20(18)17-28-21-6-10-23(11-7-21)33-24-12-8-22(9-13-24)30(31)32/h6-17H,1-5H3. The average Bonchev–Trinajstić information content (AvgIpc) is 2.77. The van der Waals surface area contributed by atoms with Crippen LogP contribution in [0.15, 0.2) is 81.5 Å². The first-order valence-electron chi connectivity index (χ1n) is 10.8. The summed E-state index contributed by atoms with van der Waals surface area (Å²) >= 11 is 1.56. The van der Waals surface area contributed by atoms with Crippen LogP contribution in [0.2, 0.25) is 0 Å². The smallest absolute Gasteiger partial charge is 0.269 e. The van der Waals surface area contributed by atoms with Crippen LogP contribution >= 0.6 is 11.8 Å². The van der Waals surface area contributed by atoms with Gasteiger partial charge < -0.3 is 4.90 Å². The molecule has 6 heteroatoms. The van der Waals surface area contributed by atoms with Gasteiger partial charge in [0.2, 0.25) is 0 Å². The Bertz CT molecular complexity index is 1260. The number of likely N-dealkylation sites (N-methyl/N-ethyl adjacent to an activating group) is 1. The van der Waals surface area contributed by atoms with Crippen LogP contribution in [0, 0.1) is 17.0 Å². The number of allylic oxidation sites excluding steroid dienone is 1. The molecule has 0 atom stereocenters. The Morgan fingerprint density at radius 1 is 1.00 bits per heavy atom. The molecule has 0 spiro atoms. The van der Waals surface area contributed by atoms with Crippen molar-refractivity contribution in [3.63, 3.8) is 0 Å². The molecule has 5 nitrogen and oxygen atoms in total. The van der Waals surface area contributed by atoms with Gasteiger partial charge in [-0.2, -0.15) is 0 Å². The Balaban J connectivity index is 1.51. The molecule has 0 radical (unpaired) electrons. The normalized spacial score (nSPS) is 14.8. The van der Waals surface area contributed by atoms with E-state index in [1.165, 1.54) is 34.5 Å². The van der Waals surface area contributed by atoms with Crippen molar-refractivity contribution in [3.8, 4) is 0 Å². The minimum atomic E-state index is -0.387. The van der Waals surface area contributed by atoms with Gasteiger partial charge in [0.1, 0.15) is 0 Å². The summed E-state index contributed by atoms with van der Waals surface area (Å²) in [4.78, 5) is 19.4. The molecule has 3 aromatic carbocycles. The molecule has 0 fully saturated rings. The molecule has 1 aliphatic rings. The van der Waals surface area contributed by atoms with Crippen molar-refractivity contribution in [2.24, 2.45) is 4.99 Å².